The normalized spacial score (nSPS) is 10.8. The average Bonchev–Trinajstić information content (AvgIpc) is 2.59. The third-order valence-corrected chi connectivity index (χ3v) is 3.67. The van der Waals surface area contributed by atoms with Crippen LogP contribution in [0.25, 0.3) is 10.2 Å². The molecule has 2 aromatic heterocycles. The molecule has 0 bridgehead atoms. The standard InChI is InChI=1S/C13H15NO2S/c1-5-16-13(15)11-8(3)10-6-7(2)17-12(10)14-9(11)4/h6H,5H2,1-4H3. The zero-order valence-corrected chi connectivity index (χ0v) is 11.3. The summed E-state index contributed by atoms with van der Waals surface area (Å²) in [6.45, 7) is 8.05. The molecule has 0 atom stereocenters. The fourth-order valence-corrected chi connectivity index (χ4v) is 2.96. The first-order chi connectivity index (χ1) is 8.04. The Bertz CT molecular complexity index is 587. The van der Waals surface area contributed by atoms with Crippen molar-refractivity contribution in [2.24, 2.45) is 0 Å². The molecule has 17 heavy (non-hydrogen) atoms. The number of hydrogen-bond donors (Lipinski definition) is 0. The highest BCUT2D eigenvalue weighted by Crippen LogP contribution is 2.29. The molecule has 0 aromatic carbocycles. The SMILES string of the molecule is CCOC(=O)c1c(C)nc2sc(C)cc2c1C. The van der Waals surface area contributed by atoms with E-state index in [-0.39, 0.29) is 5.97 Å². The fraction of sp³-hybridized carbons (Fsp3) is 0.385. The third kappa shape index (κ3) is 2.05. The van der Waals surface area contributed by atoms with E-state index >= 15 is 0 Å². The van der Waals surface area contributed by atoms with Crippen molar-refractivity contribution in [2.75, 3.05) is 6.61 Å². The highest BCUT2D eigenvalue weighted by Gasteiger charge is 2.18. The highest BCUT2D eigenvalue weighted by atomic mass is 32.1. The smallest absolute Gasteiger partial charge is 0.340 e. The fourth-order valence-electron chi connectivity index (χ4n) is 1.97. The van der Waals surface area contributed by atoms with Gasteiger partial charge in [-0.3, -0.25) is 0 Å². The largest absolute Gasteiger partial charge is 0.462 e. The van der Waals surface area contributed by atoms with Crippen LogP contribution in [0.1, 0.15) is 33.4 Å². The van der Waals surface area contributed by atoms with Gasteiger partial charge in [-0.25, -0.2) is 9.78 Å². The Labute approximate surface area is 104 Å². The zero-order valence-electron chi connectivity index (χ0n) is 10.5. The predicted octanol–water partition coefficient (Wildman–Crippen LogP) is 3.40. The molecule has 0 spiro atoms. The molecule has 2 aromatic rings. The molecule has 90 valence electrons. The summed E-state index contributed by atoms with van der Waals surface area (Å²) in [5, 5.41) is 1.06. The van der Waals surface area contributed by atoms with E-state index in [1.807, 2.05) is 27.7 Å². The number of ether oxygens (including phenoxy) is 1. The number of carbonyl (C=O) groups excluding carboxylic acids is 1. The number of aromatic nitrogens is 1. The van der Waals surface area contributed by atoms with Gasteiger partial charge >= 0.3 is 5.97 Å². The van der Waals surface area contributed by atoms with Crippen LogP contribution in [0.15, 0.2) is 6.07 Å². The Balaban J connectivity index is 2.66. The zero-order chi connectivity index (χ0) is 12.6. The Hall–Kier alpha value is -1.42. The van der Waals surface area contributed by atoms with Gasteiger partial charge in [0, 0.05) is 10.3 Å². The summed E-state index contributed by atoms with van der Waals surface area (Å²) < 4.78 is 5.07. The van der Waals surface area contributed by atoms with Gasteiger partial charge in [-0.15, -0.1) is 11.3 Å². The molecule has 4 heteroatoms. The summed E-state index contributed by atoms with van der Waals surface area (Å²) in [5.41, 5.74) is 2.32. The van der Waals surface area contributed by atoms with Gasteiger partial charge in [-0.2, -0.15) is 0 Å². The van der Waals surface area contributed by atoms with Crippen LogP contribution in [0, 0.1) is 20.8 Å². The number of esters is 1. The van der Waals surface area contributed by atoms with Crippen LogP contribution in [0.3, 0.4) is 0 Å². The van der Waals surface area contributed by atoms with Gasteiger partial charge in [0.2, 0.25) is 0 Å². The first-order valence-corrected chi connectivity index (χ1v) is 6.40. The molecule has 0 aliphatic rings. The monoisotopic (exact) mass is 249 g/mol. The van der Waals surface area contributed by atoms with Crippen molar-refractivity contribution >= 4 is 27.5 Å². The second-order valence-electron chi connectivity index (χ2n) is 3.99. The van der Waals surface area contributed by atoms with Crippen molar-refractivity contribution in [2.45, 2.75) is 27.7 Å². The lowest BCUT2D eigenvalue weighted by atomic mass is 10.1. The molecule has 0 N–H and O–H groups in total. The number of rotatable bonds is 2. The molecule has 2 heterocycles. The third-order valence-electron chi connectivity index (χ3n) is 2.73. The predicted molar refractivity (Wildman–Crippen MR) is 69.8 cm³/mol. The number of nitrogens with zero attached hydrogens (tertiary/aromatic N) is 1. The highest BCUT2D eigenvalue weighted by molar-refractivity contribution is 7.18. The van der Waals surface area contributed by atoms with Crippen LogP contribution < -0.4 is 0 Å². The van der Waals surface area contributed by atoms with Crippen molar-refractivity contribution in [3.05, 3.63) is 27.8 Å². The second-order valence-corrected chi connectivity index (χ2v) is 5.23. The van der Waals surface area contributed by atoms with Crippen molar-refractivity contribution < 1.29 is 9.53 Å². The van der Waals surface area contributed by atoms with Crippen LogP contribution >= 0.6 is 11.3 Å². The van der Waals surface area contributed by atoms with Crippen molar-refractivity contribution in [3.63, 3.8) is 0 Å². The second kappa shape index (κ2) is 4.45. The first kappa shape index (κ1) is 12.0. The Kier molecular flexibility index (Phi) is 3.15. The number of pyridine rings is 1. The molecule has 0 amide bonds. The lowest BCUT2D eigenvalue weighted by Gasteiger charge is -2.08. The van der Waals surface area contributed by atoms with E-state index in [1.54, 1.807) is 11.3 Å². The van der Waals surface area contributed by atoms with E-state index in [4.69, 9.17) is 4.74 Å². The van der Waals surface area contributed by atoms with Crippen LogP contribution in [0.2, 0.25) is 0 Å². The number of thiophene rings is 1. The summed E-state index contributed by atoms with van der Waals surface area (Å²) in [6, 6.07) is 2.07. The lowest BCUT2D eigenvalue weighted by molar-refractivity contribution is 0.0524. The van der Waals surface area contributed by atoms with Gasteiger partial charge in [-0.05, 0) is 39.3 Å². The Morgan fingerprint density at radius 1 is 1.41 bits per heavy atom. The van der Waals surface area contributed by atoms with E-state index in [9.17, 15) is 4.79 Å². The van der Waals surface area contributed by atoms with Gasteiger partial charge < -0.3 is 4.74 Å². The molecule has 0 saturated heterocycles. The van der Waals surface area contributed by atoms with Crippen molar-refractivity contribution in [1.82, 2.24) is 4.98 Å². The number of hydrogen-bond acceptors (Lipinski definition) is 4. The maximum atomic E-state index is 11.9. The van der Waals surface area contributed by atoms with Gasteiger partial charge in [-0.1, -0.05) is 0 Å². The van der Waals surface area contributed by atoms with Crippen LogP contribution in [0.4, 0.5) is 0 Å². The first-order valence-electron chi connectivity index (χ1n) is 5.59. The molecule has 3 nitrogen and oxygen atoms in total. The van der Waals surface area contributed by atoms with E-state index < -0.39 is 0 Å². The molecule has 0 aliphatic carbocycles. The molecular weight excluding hydrogens is 234 g/mol. The topological polar surface area (TPSA) is 39.2 Å². The maximum Gasteiger partial charge on any atom is 0.340 e. The Morgan fingerprint density at radius 3 is 2.76 bits per heavy atom. The summed E-state index contributed by atoms with van der Waals surface area (Å²) in [5.74, 6) is -0.277. The van der Waals surface area contributed by atoms with Gasteiger partial charge in [0.15, 0.2) is 0 Å². The number of fused-ring (bicyclic) bond motifs is 1. The summed E-state index contributed by atoms with van der Waals surface area (Å²) in [7, 11) is 0. The molecule has 0 radical (unpaired) electrons. The van der Waals surface area contributed by atoms with E-state index in [2.05, 4.69) is 11.1 Å². The summed E-state index contributed by atoms with van der Waals surface area (Å²) >= 11 is 1.65. The van der Waals surface area contributed by atoms with E-state index in [0.29, 0.717) is 12.2 Å². The lowest BCUT2D eigenvalue weighted by Crippen LogP contribution is -2.10. The van der Waals surface area contributed by atoms with Gasteiger partial charge in [0.25, 0.3) is 0 Å². The van der Waals surface area contributed by atoms with Crippen LogP contribution in [-0.4, -0.2) is 17.6 Å². The minimum atomic E-state index is -0.277. The molecule has 0 unspecified atom stereocenters. The summed E-state index contributed by atoms with van der Waals surface area (Å²) in [6.07, 6.45) is 0. The van der Waals surface area contributed by atoms with Gasteiger partial charge in [0.1, 0.15) is 4.83 Å². The van der Waals surface area contributed by atoms with E-state index in [1.165, 1.54) is 4.88 Å². The molecule has 2 rings (SSSR count). The van der Waals surface area contributed by atoms with Crippen LogP contribution in [0.5, 0.6) is 0 Å². The quantitative estimate of drug-likeness (QED) is 0.766. The minimum Gasteiger partial charge on any atom is -0.462 e. The van der Waals surface area contributed by atoms with Gasteiger partial charge in [0.05, 0.1) is 17.9 Å². The average molecular weight is 249 g/mol. The number of carbonyl (C=O) groups is 1. The molecule has 0 fully saturated rings. The Morgan fingerprint density at radius 2 is 2.12 bits per heavy atom. The maximum absolute atomic E-state index is 11.9. The van der Waals surface area contributed by atoms with E-state index in [0.717, 1.165) is 21.5 Å². The minimum absolute atomic E-state index is 0.277. The summed E-state index contributed by atoms with van der Waals surface area (Å²) in [4.78, 5) is 18.6. The number of aryl methyl sites for hydroxylation is 3. The molecule has 0 aliphatic heterocycles. The molecule has 0 saturated carbocycles. The van der Waals surface area contributed by atoms with Crippen molar-refractivity contribution in [1.29, 1.82) is 0 Å². The molecular formula is C13H15NO2S. The van der Waals surface area contributed by atoms with Crippen molar-refractivity contribution in [3.8, 4) is 0 Å². The van der Waals surface area contributed by atoms with Crippen LogP contribution in [-0.2, 0) is 4.74 Å².